The highest BCUT2D eigenvalue weighted by Crippen LogP contribution is 2.20. The molecule has 0 aromatic heterocycles. The summed E-state index contributed by atoms with van der Waals surface area (Å²) in [5, 5.41) is 9.23. The standard InChI is InChI=1S/C17H23NO5S/c1-2-3-9-18(14-8-10-24(22,23)12-14)16(19)11-13-6-4-5-7-15(13)17(20)21/h4-7,14H,2-3,8-12H2,1H3,(H,20,21). The number of aromatic carboxylic acids is 1. The van der Waals surface area contributed by atoms with Crippen LogP contribution < -0.4 is 0 Å². The van der Waals surface area contributed by atoms with Crippen molar-refractivity contribution in [1.29, 1.82) is 0 Å². The number of hydrogen-bond donors (Lipinski definition) is 1. The molecule has 6 nitrogen and oxygen atoms in total. The Morgan fingerprint density at radius 1 is 1.29 bits per heavy atom. The van der Waals surface area contributed by atoms with E-state index < -0.39 is 15.8 Å². The van der Waals surface area contributed by atoms with Gasteiger partial charge in [-0.1, -0.05) is 31.5 Å². The van der Waals surface area contributed by atoms with Crippen molar-refractivity contribution in [2.24, 2.45) is 0 Å². The average Bonchev–Trinajstić information content (AvgIpc) is 2.88. The van der Waals surface area contributed by atoms with Crippen molar-refractivity contribution < 1.29 is 23.1 Å². The van der Waals surface area contributed by atoms with E-state index in [2.05, 4.69) is 0 Å². The zero-order valence-corrected chi connectivity index (χ0v) is 14.6. The minimum absolute atomic E-state index is 0.00301. The number of rotatable bonds is 7. The third-order valence-electron chi connectivity index (χ3n) is 4.31. The lowest BCUT2D eigenvalue weighted by molar-refractivity contribution is -0.132. The number of hydrogen-bond acceptors (Lipinski definition) is 4. The highest BCUT2D eigenvalue weighted by molar-refractivity contribution is 7.91. The lowest BCUT2D eigenvalue weighted by atomic mass is 10.0. The molecule has 0 bridgehead atoms. The molecule has 1 aliphatic rings. The number of sulfone groups is 1. The molecule has 132 valence electrons. The second kappa shape index (κ2) is 7.79. The predicted molar refractivity (Wildman–Crippen MR) is 90.8 cm³/mol. The SMILES string of the molecule is CCCCN(C(=O)Cc1ccccc1C(=O)O)C1CCS(=O)(=O)C1. The Bertz CT molecular complexity index is 713. The van der Waals surface area contributed by atoms with E-state index in [0.717, 1.165) is 12.8 Å². The molecular formula is C17H23NO5S. The number of nitrogens with zero attached hydrogens (tertiary/aromatic N) is 1. The summed E-state index contributed by atoms with van der Waals surface area (Å²) in [5.74, 6) is -1.16. The van der Waals surface area contributed by atoms with Crippen molar-refractivity contribution in [3.63, 3.8) is 0 Å². The normalized spacial score (nSPS) is 19.1. The van der Waals surface area contributed by atoms with E-state index >= 15 is 0 Å². The Labute approximate surface area is 142 Å². The van der Waals surface area contributed by atoms with Crippen LogP contribution in [-0.2, 0) is 21.1 Å². The van der Waals surface area contributed by atoms with Gasteiger partial charge in [-0.05, 0) is 24.5 Å². The third-order valence-corrected chi connectivity index (χ3v) is 6.06. The van der Waals surface area contributed by atoms with Crippen molar-refractivity contribution in [1.82, 2.24) is 4.90 Å². The van der Waals surface area contributed by atoms with E-state index in [4.69, 9.17) is 0 Å². The molecule has 1 unspecified atom stereocenters. The van der Waals surface area contributed by atoms with Gasteiger partial charge < -0.3 is 10.0 Å². The lowest BCUT2D eigenvalue weighted by Crippen LogP contribution is -2.42. The molecular weight excluding hydrogens is 330 g/mol. The minimum Gasteiger partial charge on any atom is -0.478 e. The van der Waals surface area contributed by atoms with Crippen LogP contribution in [-0.4, -0.2) is 54.4 Å². The quantitative estimate of drug-likeness (QED) is 0.806. The molecule has 1 heterocycles. The maximum absolute atomic E-state index is 12.7. The molecule has 1 N–H and O–H groups in total. The molecule has 1 fully saturated rings. The van der Waals surface area contributed by atoms with Crippen LogP contribution in [0.2, 0.25) is 0 Å². The van der Waals surface area contributed by atoms with Crippen LogP contribution in [0.3, 0.4) is 0 Å². The number of benzene rings is 1. The van der Waals surface area contributed by atoms with Crippen molar-refractivity contribution in [3.05, 3.63) is 35.4 Å². The second-order valence-electron chi connectivity index (χ2n) is 6.14. The van der Waals surface area contributed by atoms with Crippen LogP contribution in [0.5, 0.6) is 0 Å². The van der Waals surface area contributed by atoms with Gasteiger partial charge in [0.25, 0.3) is 0 Å². The molecule has 7 heteroatoms. The molecule has 0 spiro atoms. The molecule has 1 aromatic carbocycles. The van der Waals surface area contributed by atoms with E-state index in [0.29, 0.717) is 18.5 Å². The Kier molecular flexibility index (Phi) is 5.99. The monoisotopic (exact) mass is 353 g/mol. The largest absolute Gasteiger partial charge is 0.478 e. The van der Waals surface area contributed by atoms with Gasteiger partial charge >= 0.3 is 5.97 Å². The zero-order valence-electron chi connectivity index (χ0n) is 13.8. The Morgan fingerprint density at radius 2 is 2.00 bits per heavy atom. The van der Waals surface area contributed by atoms with Gasteiger partial charge in [0.2, 0.25) is 5.91 Å². The molecule has 1 atom stereocenters. The van der Waals surface area contributed by atoms with Crippen LogP contribution in [0, 0.1) is 0 Å². The predicted octanol–water partition coefficient (Wildman–Crippen LogP) is 1.74. The van der Waals surface area contributed by atoms with E-state index in [1.165, 1.54) is 6.07 Å². The van der Waals surface area contributed by atoms with Crippen molar-refractivity contribution in [3.8, 4) is 0 Å². The molecule has 0 saturated carbocycles. The average molecular weight is 353 g/mol. The molecule has 2 rings (SSSR count). The van der Waals surface area contributed by atoms with Crippen LogP contribution in [0.15, 0.2) is 24.3 Å². The number of carboxylic acid groups (broad SMARTS) is 1. The summed E-state index contributed by atoms with van der Waals surface area (Å²) in [5.41, 5.74) is 0.567. The lowest BCUT2D eigenvalue weighted by Gasteiger charge is -2.28. The Hall–Kier alpha value is -1.89. The summed E-state index contributed by atoms with van der Waals surface area (Å²) in [6.45, 7) is 2.51. The number of carbonyl (C=O) groups is 2. The second-order valence-corrected chi connectivity index (χ2v) is 8.37. The van der Waals surface area contributed by atoms with Gasteiger partial charge in [-0.3, -0.25) is 4.79 Å². The molecule has 1 saturated heterocycles. The molecule has 0 aliphatic carbocycles. The Balaban J connectivity index is 2.18. The fraction of sp³-hybridized carbons (Fsp3) is 0.529. The summed E-state index contributed by atoms with van der Waals surface area (Å²) >= 11 is 0. The summed E-state index contributed by atoms with van der Waals surface area (Å²) in [4.78, 5) is 25.6. The van der Waals surface area contributed by atoms with Gasteiger partial charge in [0.15, 0.2) is 9.84 Å². The minimum atomic E-state index is -3.08. The van der Waals surface area contributed by atoms with Gasteiger partial charge in [0, 0.05) is 12.6 Å². The first-order valence-corrected chi connectivity index (χ1v) is 9.97. The molecule has 1 amide bonds. The van der Waals surface area contributed by atoms with Crippen LogP contribution in [0.4, 0.5) is 0 Å². The molecule has 1 aliphatic heterocycles. The number of carboxylic acids is 1. The first kappa shape index (κ1) is 18.4. The number of unbranched alkanes of at least 4 members (excludes halogenated alkanes) is 1. The van der Waals surface area contributed by atoms with Gasteiger partial charge in [0.1, 0.15) is 0 Å². The fourth-order valence-corrected chi connectivity index (χ4v) is 4.74. The maximum atomic E-state index is 12.7. The van der Waals surface area contributed by atoms with E-state index in [9.17, 15) is 23.1 Å². The zero-order chi connectivity index (χ0) is 17.7. The Morgan fingerprint density at radius 3 is 2.58 bits per heavy atom. The first-order chi connectivity index (χ1) is 11.3. The summed E-state index contributed by atoms with van der Waals surface area (Å²) in [7, 11) is -3.08. The number of amides is 1. The maximum Gasteiger partial charge on any atom is 0.335 e. The number of carbonyl (C=O) groups excluding carboxylic acids is 1. The van der Waals surface area contributed by atoms with Crippen LogP contribution >= 0.6 is 0 Å². The summed E-state index contributed by atoms with van der Waals surface area (Å²) in [6.07, 6.45) is 2.12. The first-order valence-electron chi connectivity index (χ1n) is 8.15. The van der Waals surface area contributed by atoms with E-state index in [1.54, 1.807) is 23.1 Å². The van der Waals surface area contributed by atoms with Crippen molar-refractivity contribution in [2.45, 2.75) is 38.6 Å². The van der Waals surface area contributed by atoms with Crippen LogP contribution in [0.1, 0.15) is 42.1 Å². The molecule has 1 aromatic rings. The van der Waals surface area contributed by atoms with Gasteiger partial charge in [0.05, 0.1) is 23.5 Å². The topological polar surface area (TPSA) is 91.8 Å². The highest BCUT2D eigenvalue weighted by Gasteiger charge is 2.34. The van der Waals surface area contributed by atoms with Crippen molar-refractivity contribution >= 4 is 21.7 Å². The molecule has 24 heavy (non-hydrogen) atoms. The highest BCUT2D eigenvalue weighted by atomic mass is 32.2. The third kappa shape index (κ3) is 4.56. The smallest absolute Gasteiger partial charge is 0.335 e. The fourth-order valence-electron chi connectivity index (χ4n) is 3.01. The van der Waals surface area contributed by atoms with Gasteiger partial charge in [-0.25, -0.2) is 13.2 Å². The van der Waals surface area contributed by atoms with Crippen molar-refractivity contribution in [2.75, 3.05) is 18.1 Å². The van der Waals surface area contributed by atoms with E-state index in [-0.39, 0.29) is 35.4 Å². The van der Waals surface area contributed by atoms with Gasteiger partial charge in [-0.15, -0.1) is 0 Å². The van der Waals surface area contributed by atoms with Gasteiger partial charge in [-0.2, -0.15) is 0 Å². The van der Waals surface area contributed by atoms with Crippen LogP contribution in [0.25, 0.3) is 0 Å². The summed E-state index contributed by atoms with van der Waals surface area (Å²) in [6, 6.07) is 6.12. The molecule has 0 radical (unpaired) electrons. The van der Waals surface area contributed by atoms with E-state index in [1.807, 2.05) is 6.92 Å². The summed E-state index contributed by atoms with van der Waals surface area (Å²) < 4.78 is 23.5.